The lowest BCUT2D eigenvalue weighted by molar-refractivity contribution is 0.412. The SMILES string of the molecule is Clc1onc2c1C[C@@H]1[C@@H](C2)C1(Cl)Cl. The third kappa shape index (κ3) is 0.997. The molecule has 5 heteroatoms. The minimum atomic E-state index is -0.559. The summed E-state index contributed by atoms with van der Waals surface area (Å²) in [5, 5.41) is 4.27. The molecule has 0 spiro atoms. The molecule has 1 heterocycles. The van der Waals surface area contributed by atoms with E-state index in [9.17, 15) is 0 Å². The monoisotopic (exact) mass is 237 g/mol. The predicted molar refractivity (Wildman–Crippen MR) is 50.3 cm³/mol. The van der Waals surface area contributed by atoms with Crippen LogP contribution in [-0.2, 0) is 12.8 Å². The van der Waals surface area contributed by atoms with Gasteiger partial charge >= 0.3 is 0 Å². The first kappa shape index (κ1) is 8.39. The molecule has 2 aliphatic rings. The Balaban J connectivity index is 2.00. The highest BCUT2D eigenvalue weighted by atomic mass is 35.5. The third-order valence-electron chi connectivity index (χ3n) is 3.02. The van der Waals surface area contributed by atoms with Crippen LogP contribution in [0.1, 0.15) is 11.3 Å². The van der Waals surface area contributed by atoms with Gasteiger partial charge in [0.1, 0.15) is 4.33 Å². The van der Waals surface area contributed by atoms with Crippen molar-refractivity contribution in [2.45, 2.75) is 17.2 Å². The van der Waals surface area contributed by atoms with E-state index < -0.39 is 4.33 Å². The van der Waals surface area contributed by atoms with Crippen molar-refractivity contribution in [1.29, 1.82) is 0 Å². The Kier molecular flexibility index (Phi) is 1.52. The van der Waals surface area contributed by atoms with Gasteiger partial charge in [-0.05, 0) is 24.4 Å². The third-order valence-corrected chi connectivity index (χ3v) is 4.44. The molecule has 1 saturated carbocycles. The summed E-state index contributed by atoms with van der Waals surface area (Å²) in [6, 6.07) is 0. The lowest BCUT2D eigenvalue weighted by Crippen LogP contribution is -2.03. The normalized spacial score (nSPS) is 33.8. The number of aromatic nitrogens is 1. The second-order valence-corrected chi connectivity index (χ2v) is 5.46. The average molecular weight is 239 g/mol. The van der Waals surface area contributed by atoms with Gasteiger partial charge in [-0.3, -0.25) is 0 Å². The van der Waals surface area contributed by atoms with Gasteiger partial charge in [-0.2, -0.15) is 0 Å². The van der Waals surface area contributed by atoms with Crippen LogP contribution in [0.25, 0.3) is 0 Å². The maximum absolute atomic E-state index is 6.08. The molecule has 3 rings (SSSR count). The lowest BCUT2D eigenvalue weighted by Gasteiger charge is -2.04. The molecule has 0 saturated heterocycles. The first-order chi connectivity index (χ1) is 6.10. The van der Waals surface area contributed by atoms with Crippen LogP contribution in [0.15, 0.2) is 4.52 Å². The first-order valence-electron chi connectivity index (χ1n) is 4.11. The molecule has 0 N–H and O–H groups in total. The molecule has 0 aliphatic heterocycles. The molecule has 2 aliphatic carbocycles. The Morgan fingerprint density at radius 2 is 2.00 bits per heavy atom. The summed E-state index contributed by atoms with van der Waals surface area (Å²) in [5.41, 5.74) is 1.92. The van der Waals surface area contributed by atoms with Gasteiger partial charge in [0.25, 0.3) is 0 Å². The van der Waals surface area contributed by atoms with Gasteiger partial charge < -0.3 is 4.52 Å². The second-order valence-electron chi connectivity index (χ2n) is 3.68. The Hall–Kier alpha value is 0.0800. The van der Waals surface area contributed by atoms with E-state index in [0.29, 0.717) is 17.1 Å². The van der Waals surface area contributed by atoms with E-state index in [4.69, 9.17) is 39.3 Å². The van der Waals surface area contributed by atoms with Crippen molar-refractivity contribution < 1.29 is 4.52 Å². The maximum atomic E-state index is 6.08. The summed E-state index contributed by atoms with van der Waals surface area (Å²) in [7, 11) is 0. The zero-order chi connectivity index (χ0) is 9.22. The topological polar surface area (TPSA) is 26.0 Å². The Labute approximate surface area is 90.1 Å². The summed E-state index contributed by atoms with van der Waals surface area (Å²) in [4.78, 5) is 0. The minimum absolute atomic E-state index is 0.334. The molecule has 0 amide bonds. The highest BCUT2D eigenvalue weighted by Gasteiger charge is 2.64. The zero-order valence-corrected chi connectivity index (χ0v) is 8.83. The summed E-state index contributed by atoms with van der Waals surface area (Å²) in [5.74, 6) is 0.671. The quantitative estimate of drug-likeness (QED) is 0.650. The summed E-state index contributed by atoms with van der Waals surface area (Å²) in [6.07, 6.45) is 1.60. The van der Waals surface area contributed by atoms with Crippen LogP contribution < -0.4 is 0 Å². The molecule has 0 bridgehead atoms. The van der Waals surface area contributed by atoms with Crippen molar-refractivity contribution >= 4 is 34.8 Å². The largest absolute Gasteiger partial charge is 0.344 e. The molecule has 1 fully saturated rings. The molecule has 70 valence electrons. The van der Waals surface area contributed by atoms with Gasteiger partial charge in [0.15, 0.2) is 0 Å². The van der Waals surface area contributed by atoms with Crippen LogP contribution >= 0.6 is 34.8 Å². The molecular formula is C8H6Cl3NO. The molecule has 0 aromatic carbocycles. The molecule has 2 nitrogen and oxygen atoms in total. The van der Waals surface area contributed by atoms with Crippen molar-refractivity contribution in [1.82, 2.24) is 5.16 Å². The molecular weight excluding hydrogens is 232 g/mol. The van der Waals surface area contributed by atoms with Gasteiger partial charge in [0.05, 0.1) is 5.69 Å². The summed E-state index contributed by atoms with van der Waals surface area (Å²) < 4.78 is 4.33. The highest BCUT2D eigenvalue weighted by molar-refractivity contribution is 6.51. The number of hydrogen-bond acceptors (Lipinski definition) is 2. The Morgan fingerprint density at radius 1 is 1.31 bits per heavy atom. The van der Waals surface area contributed by atoms with E-state index in [-0.39, 0.29) is 0 Å². The van der Waals surface area contributed by atoms with Crippen LogP contribution in [0.5, 0.6) is 0 Å². The molecule has 2 atom stereocenters. The van der Waals surface area contributed by atoms with Gasteiger partial charge in [0.2, 0.25) is 5.22 Å². The fourth-order valence-electron chi connectivity index (χ4n) is 2.12. The standard InChI is InChI=1S/C8H6Cl3NO/c9-7-3-1-4-5(8(4,10)11)2-6(3)12-13-7/h4-5H,1-2H2/t4-,5-/m1/s1. The fraction of sp³-hybridized carbons (Fsp3) is 0.625. The molecule has 0 unspecified atom stereocenters. The number of hydrogen-bond donors (Lipinski definition) is 0. The average Bonchev–Trinajstić information content (AvgIpc) is 2.46. The first-order valence-corrected chi connectivity index (χ1v) is 5.25. The van der Waals surface area contributed by atoms with E-state index in [1.807, 2.05) is 0 Å². The predicted octanol–water partition coefficient (Wildman–Crippen LogP) is 2.85. The van der Waals surface area contributed by atoms with Crippen molar-refractivity contribution in [3.8, 4) is 0 Å². The van der Waals surface area contributed by atoms with Crippen LogP contribution in [-0.4, -0.2) is 9.49 Å². The Morgan fingerprint density at radius 3 is 2.77 bits per heavy atom. The number of rotatable bonds is 0. The smallest absolute Gasteiger partial charge is 0.229 e. The van der Waals surface area contributed by atoms with Crippen LogP contribution in [0.4, 0.5) is 0 Å². The summed E-state index contributed by atoms with van der Waals surface area (Å²) in [6.45, 7) is 0. The Bertz CT molecular complexity index is 373. The highest BCUT2D eigenvalue weighted by Crippen LogP contribution is 2.64. The zero-order valence-electron chi connectivity index (χ0n) is 6.56. The van der Waals surface area contributed by atoms with Crippen molar-refractivity contribution in [3.63, 3.8) is 0 Å². The van der Waals surface area contributed by atoms with Crippen LogP contribution in [0.3, 0.4) is 0 Å². The summed E-state index contributed by atoms with van der Waals surface area (Å²) >= 11 is 18.0. The molecule has 1 aromatic rings. The van der Waals surface area contributed by atoms with Crippen molar-refractivity contribution in [3.05, 3.63) is 16.5 Å². The second kappa shape index (κ2) is 2.36. The van der Waals surface area contributed by atoms with E-state index in [2.05, 4.69) is 5.16 Å². The van der Waals surface area contributed by atoms with Crippen molar-refractivity contribution in [2.24, 2.45) is 11.8 Å². The van der Waals surface area contributed by atoms with Gasteiger partial charge in [-0.25, -0.2) is 0 Å². The van der Waals surface area contributed by atoms with Gasteiger partial charge in [0, 0.05) is 17.4 Å². The van der Waals surface area contributed by atoms with E-state index in [1.165, 1.54) is 0 Å². The fourth-order valence-corrected chi connectivity index (χ4v) is 3.13. The van der Waals surface area contributed by atoms with Gasteiger partial charge in [-0.15, -0.1) is 23.2 Å². The van der Waals surface area contributed by atoms with Crippen LogP contribution in [0, 0.1) is 11.8 Å². The van der Waals surface area contributed by atoms with Gasteiger partial charge in [-0.1, -0.05) is 5.16 Å². The molecule has 13 heavy (non-hydrogen) atoms. The minimum Gasteiger partial charge on any atom is -0.344 e. The van der Waals surface area contributed by atoms with E-state index in [0.717, 1.165) is 24.1 Å². The van der Waals surface area contributed by atoms with E-state index in [1.54, 1.807) is 0 Å². The molecule has 1 aromatic heterocycles. The maximum Gasteiger partial charge on any atom is 0.229 e. The number of nitrogens with zero attached hydrogens (tertiary/aromatic N) is 1. The number of alkyl halides is 2. The van der Waals surface area contributed by atoms with Crippen molar-refractivity contribution in [2.75, 3.05) is 0 Å². The van der Waals surface area contributed by atoms with E-state index >= 15 is 0 Å². The number of fused-ring (bicyclic) bond motifs is 2. The van der Waals surface area contributed by atoms with Crippen LogP contribution in [0.2, 0.25) is 5.22 Å². The molecule has 0 radical (unpaired) electrons. The lowest BCUT2D eigenvalue weighted by atomic mass is 9.99. The number of halogens is 3.